The Hall–Kier alpha value is -0.120. The molecule has 0 amide bonds. The normalized spacial score (nSPS) is 17.9. The third-order valence-electron chi connectivity index (χ3n) is 12.1. The SMILES string of the molecule is CCCCCCCOC(CCCC(C)CC(C)CC(C)CC(C)CCC)OC(CCCC(C)CC(C)CC(C)CC(C)CCC)OCCCCCCC. The van der Waals surface area contributed by atoms with Gasteiger partial charge in [0.1, 0.15) is 0 Å². The van der Waals surface area contributed by atoms with Crippen LogP contribution in [0.2, 0.25) is 0 Å². The molecule has 0 N–H and O–H groups in total. The van der Waals surface area contributed by atoms with Crippen LogP contribution in [-0.4, -0.2) is 25.8 Å². The van der Waals surface area contributed by atoms with Gasteiger partial charge in [-0.05, 0) is 124 Å². The van der Waals surface area contributed by atoms with Crippen LogP contribution < -0.4 is 0 Å². The average Bonchev–Trinajstić information content (AvgIpc) is 3.07. The fourth-order valence-corrected chi connectivity index (χ4v) is 9.62. The Kier molecular flexibility index (Phi) is 36.2. The zero-order chi connectivity index (χ0) is 39.7. The summed E-state index contributed by atoms with van der Waals surface area (Å²) in [7, 11) is 0. The second-order valence-corrected chi connectivity index (χ2v) is 19.3. The van der Waals surface area contributed by atoms with Gasteiger partial charge in [0.25, 0.3) is 0 Å². The van der Waals surface area contributed by atoms with Gasteiger partial charge in [-0.3, -0.25) is 0 Å². The highest BCUT2D eigenvalue weighted by Crippen LogP contribution is 2.29. The Labute approximate surface area is 336 Å². The minimum Gasteiger partial charge on any atom is -0.353 e. The molecule has 0 aromatic rings. The molecule has 0 rings (SSSR count). The van der Waals surface area contributed by atoms with Crippen LogP contribution in [0.1, 0.15) is 250 Å². The van der Waals surface area contributed by atoms with E-state index in [4.69, 9.17) is 14.2 Å². The van der Waals surface area contributed by atoms with Crippen molar-refractivity contribution in [3.05, 3.63) is 0 Å². The van der Waals surface area contributed by atoms with E-state index >= 15 is 0 Å². The maximum Gasteiger partial charge on any atom is 0.160 e. The minimum atomic E-state index is -0.148. The van der Waals surface area contributed by atoms with Crippen molar-refractivity contribution >= 4 is 0 Å². The molecule has 0 radical (unpaired) electrons. The molecule has 0 saturated carbocycles. The molecule has 53 heavy (non-hydrogen) atoms. The zero-order valence-corrected chi connectivity index (χ0v) is 38.8. The maximum atomic E-state index is 6.81. The first-order valence-electron chi connectivity index (χ1n) is 24.3. The number of ether oxygens (including phenoxy) is 3. The Balaban J connectivity index is 5.18. The van der Waals surface area contributed by atoms with Crippen molar-refractivity contribution in [2.45, 2.75) is 263 Å². The summed E-state index contributed by atoms with van der Waals surface area (Å²) in [6.45, 7) is 30.6. The predicted molar refractivity (Wildman–Crippen MR) is 237 cm³/mol. The van der Waals surface area contributed by atoms with Crippen LogP contribution in [0.5, 0.6) is 0 Å². The number of unbranched alkanes of at least 4 members (excludes halogenated alkanes) is 8. The third kappa shape index (κ3) is 33.7. The Morgan fingerprint density at radius 1 is 0.283 bits per heavy atom. The van der Waals surface area contributed by atoms with Gasteiger partial charge in [0, 0.05) is 13.2 Å². The van der Waals surface area contributed by atoms with Crippen LogP contribution in [0.4, 0.5) is 0 Å². The molecule has 0 spiro atoms. The molecular formula is C50H102O3. The third-order valence-corrected chi connectivity index (χ3v) is 12.1. The van der Waals surface area contributed by atoms with Crippen LogP contribution in [0.3, 0.4) is 0 Å². The lowest BCUT2D eigenvalue weighted by Gasteiger charge is -2.27. The van der Waals surface area contributed by atoms with Gasteiger partial charge in [-0.1, -0.05) is 173 Å². The molecule has 0 aliphatic heterocycles. The molecule has 0 aliphatic carbocycles. The summed E-state index contributed by atoms with van der Waals surface area (Å²) in [6, 6.07) is 0. The number of hydrogen-bond donors (Lipinski definition) is 0. The van der Waals surface area contributed by atoms with Crippen molar-refractivity contribution in [1.29, 1.82) is 0 Å². The fourth-order valence-electron chi connectivity index (χ4n) is 9.62. The summed E-state index contributed by atoms with van der Waals surface area (Å²) in [5, 5.41) is 0. The van der Waals surface area contributed by atoms with Gasteiger partial charge in [0.05, 0.1) is 0 Å². The van der Waals surface area contributed by atoms with Gasteiger partial charge in [-0.2, -0.15) is 0 Å². The lowest BCUT2D eigenvalue weighted by Crippen LogP contribution is -2.28. The van der Waals surface area contributed by atoms with E-state index in [1.807, 2.05) is 0 Å². The summed E-state index contributed by atoms with van der Waals surface area (Å²) < 4.78 is 19.9. The summed E-state index contributed by atoms with van der Waals surface area (Å²) in [5.41, 5.74) is 0. The lowest BCUT2D eigenvalue weighted by molar-refractivity contribution is -0.250. The molecular weight excluding hydrogens is 649 g/mol. The molecule has 3 nitrogen and oxygen atoms in total. The summed E-state index contributed by atoms with van der Waals surface area (Å²) in [5.74, 6) is 6.52. The summed E-state index contributed by atoms with van der Waals surface area (Å²) >= 11 is 0. The van der Waals surface area contributed by atoms with E-state index in [0.29, 0.717) is 0 Å². The van der Waals surface area contributed by atoms with E-state index in [0.717, 1.165) is 86.2 Å². The molecule has 10 atom stereocenters. The van der Waals surface area contributed by atoms with Gasteiger partial charge in [-0.15, -0.1) is 0 Å². The quantitative estimate of drug-likeness (QED) is 0.0461. The fraction of sp³-hybridized carbons (Fsp3) is 1.00. The minimum absolute atomic E-state index is 0.148. The van der Waals surface area contributed by atoms with Crippen LogP contribution >= 0.6 is 0 Å². The molecule has 3 heteroatoms. The Morgan fingerprint density at radius 2 is 0.585 bits per heavy atom. The first kappa shape index (κ1) is 52.9. The Bertz CT molecular complexity index is 680. The van der Waals surface area contributed by atoms with Gasteiger partial charge in [-0.25, -0.2) is 0 Å². The molecule has 0 aromatic carbocycles. The highest BCUT2D eigenvalue weighted by atomic mass is 16.8. The smallest absolute Gasteiger partial charge is 0.160 e. The predicted octanol–water partition coefficient (Wildman–Crippen LogP) is 17.0. The molecule has 10 unspecified atom stereocenters. The molecule has 0 aromatic heterocycles. The van der Waals surface area contributed by atoms with Crippen molar-refractivity contribution in [1.82, 2.24) is 0 Å². The van der Waals surface area contributed by atoms with Gasteiger partial charge in [0.15, 0.2) is 12.6 Å². The van der Waals surface area contributed by atoms with E-state index in [-0.39, 0.29) is 12.6 Å². The number of rotatable bonds is 40. The average molecular weight is 751 g/mol. The van der Waals surface area contributed by atoms with E-state index in [2.05, 4.69) is 83.1 Å². The zero-order valence-electron chi connectivity index (χ0n) is 38.8. The first-order chi connectivity index (χ1) is 25.4. The van der Waals surface area contributed by atoms with E-state index in [1.54, 1.807) is 0 Å². The maximum absolute atomic E-state index is 6.81. The van der Waals surface area contributed by atoms with Crippen LogP contribution in [0.25, 0.3) is 0 Å². The van der Waals surface area contributed by atoms with Crippen molar-refractivity contribution in [2.75, 3.05) is 13.2 Å². The van der Waals surface area contributed by atoms with Crippen molar-refractivity contribution in [3.63, 3.8) is 0 Å². The Morgan fingerprint density at radius 3 is 0.906 bits per heavy atom. The van der Waals surface area contributed by atoms with Gasteiger partial charge in [0.2, 0.25) is 0 Å². The molecule has 0 bridgehead atoms. The van der Waals surface area contributed by atoms with Crippen LogP contribution in [-0.2, 0) is 14.2 Å². The first-order valence-corrected chi connectivity index (χ1v) is 24.3. The highest BCUT2D eigenvalue weighted by molar-refractivity contribution is 4.69. The van der Waals surface area contributed by atoms with Crippen LogP contribution in [0.15, 0.2) is 0 Å². The van der Waals surface area contributed by atoms with Crippen LogP contribution in [0, 0.1) is 47.3 Å². The second-order valence-electron chi connectivity index (χ2n) is 19.3. The lowest BCUT2D eigenvalue weighted by atomic mass is 9.83. The molecule has 0 saturated heterocycles. The van der Waals surface area contributed by atoms with E-state index < -0.39 is 0 Å². The second kappa shape index (κ2) is 36.2. The monoisotopic (exact) mass is 751 g/mol. The molecule has 0 aliphatic rings. The topological polar surface area (TPSA) is 27.7 Å². The summed E-state index contributed by atoms with van der Waals surface area (Å²) in [6.07, 6.45) is 32.8. The van der Waals surface area contributed by atoms with E-state index in [1.165, 1.54) is 141 Å². The van der Waals surface area contributed by atoms with Gasteiger partial charge >= 0.3 is 0 Å². The molecule has 0 heterocycles. The highest BCUT2D eigenvalue weighted by Gasteiger charge is 2.21. The molecule has 0 fully saturated rings. The molecule has 320 valence electrons. The van der Waals surface area contributed by atoms with Crippen molar-refractivity contribution in [3.8, 4) is 0 Å². The van der Waals surface area contributed by atoms with Gasteiger partial charge < -0.3 is 14.2 Å². The standard InChI is InChI=1S/C50H102O3/c1-13-17-19-21-23-33-51-49(31-25-29-43(7)37-47(11)39-45(9)35-41(5)27-15-3)53-50(52-34-24-22-20-18-14-2)32-26-30-44(8)38-48(12)40-46(10)36-42(6)28-16-4/h41-50H,13-40H2,1-12H3. The van der Waals surface area contributed by atoms with E-state index in [9.17, 15) is 0 Å². The van der Waals surface area contributed by atoms with Crippen molar-refractivity contribution in [2.24, 2.45) is 47.3 Å². The largest absolute Gasteiger partial charge is 0.353 e. The number of hydrogen-bond acceptors (Lipinski definition) is 3. The summed E-state index contributed by atoms with van der Waals surface area (Å²) in [4.78, 5) is 0. The van der Waals surface area contributed by atoms with Crippen molar-refractivity contribution < 1.29 is 14.2 Å².